The molecule has 86 valence electrons. The van der Waals surface area contributed by atoms with Crippen molar-refractivity contribution in [3.05, 3.63) is 59.0 Å². The topological polar surface area (TPSA) is 56.0 Å². The van der Waals surface area contributed by atoms with Crippen LogP contribution in [0.4, 0.5) is 10.2 Å². The molecule has 0 aliphatic carbocycles. The van der Waals surface area contributed by atoms with Crippen LogP contribution in [0.25, 0.3) is 0 Å². The number of nitrogen functional groups attached to an aromatic ring is 1. The summed E-state index contributed by atoms with van der Waals surface area (Å²) in [5, 5.41) is 0. The van der Waals surface area contributed by atoms with Crippen LogP contribution in [0.5, 0.6) is 0 Å². The van der Waals surface area contributed by atoms with E-state index in [4.69, 9.17) is 5.73 Å². The molecule has 4 heteroatoms. The van der Waals surface area contributed by atoms with Gasteiger partial charge in [0.15, 0.2) is 5.78 Å². The number of rotatable bonds is 2. The van der Waals surface area contributed by atoms with Crippen molar-refractivity contribution < 1.29 is 9.18 Å². The van der Waals surface area contributed by atoms with Crippen LogP contribution in [0, 0.1) is 12.7 Å². The van der Waals surface area contributed by atoms with Crippen LogP contribution >= 0.6 is 0 Å². The van der Waals surface area contributed by atoms with Crippen LogP contribution in [0.2, 0.25) is 0 Å². The third-order valence-electron chi connectivity index (χ3n) is 2.52. The van der Waals surface area contributed by atoms with Gasteiger partial charge in [0.1, 0.15) is 11.6 Å². The first kappa shape index (κ1) is 11.3. The van der Waals surface area contributed by atoms with Crippen molar-refractivity contribution in [3.8, 4) is 0 Å². The molecule has 0 radical (unpaired) electrons. The number of hydrogen-bond acceptors (Lipinski definition) is 3. The monoisotopic (exact) mass is 230 g/mol. The van der Waals surface area contributed by atoms with Crippen LogP contribution in [0.3, 0.4) is 0 Å². The first-order valence-corrected chi connectivity index (χ1v) is 5.11. The van der Waals surface area contributed by atoms with Crippen molar-refractivity contribution in [2.45, 2.75) is 6.92 Å². The Balaban J connectivity index is 2.52. The number of nitrogens with zero attached hydrogens (tertiary/aromatic N) is 1. The summed E-state index contributed by atoms with van der Waals surface area (Å²) in [6.45, 7) is 1.61. The van der Waals surface area contributed by atoms with Crippen LogP contribution in [0.1, 0.15) is 21.5 Å². The minimum atomic E-state index is -0.513. The smallest absolute Gasteiger partial charge is 0.199 e. The predicted octanol–water partition coefficient (Wildman–Crippen LogP) is 2.34. The van der Waals surface area contributed by atoms with Gasteiger partial charge >= 0.3 is 0 Å². The Bertz CT molecular complexity index is 581. The van der Waals surface area contributed by atoms with E-state index in [1.54, 1.807) is 25.1 Å². The van der Waals surface area contributed by atoms with Crippen LogP contribution in [-0.4, -0.2) is 10.8 Å². The number of nitrogens with two attached hydrogens (primary N) is 1. The molecule has 0 fully saturated rings. The zero-order valence-corrected chi connectivity index (χ0v) is 9.27. The summed E-state index contributed by atoms with van der Waals surface area (Å²) in [6, 6.07) is 7.82. The van der Waals surface area contributed by atoms with E-state index >= 15 is 0 Å². The largest absolute Gasteiger partial charge is 0.383 e. The third kappa shape index (κ3) is 2.01. The molecule has 3 nitrogen and oxygen atoms in total. The third-order valence-corrected chi connectivity index (χ3v) is 2.52. The fourth-order valence-electron chi connectivity index (χ4n) is 1.58. The standard InChI is InChI=1S/C13H11FN2O/c1-8-4-2-5-9(11(8)14)12(17)10-6-3-7-16-13(10)15/h2-7H,1H3,(H2,15,16). The molecule has 1 heterocycles. The van der Waals surface area contributed by atoms with Gasteiger partial charge in [0.2, 0.25) is 0 Å². The Labute approximate surface area is 98.1 Å². The molecule has 0 bridgehead atoms. The van der Waals surface area contributed by atoms with Crippen molar-refractivity contribution in [3.63, 3.8) is 0 Å². The van der Waals surface area contributed by atoms with Gasteiger partial charge in [-0.1, -0.05) is 12.1 Å². The molecule has 0 saturated heterocycles. The highest BCUT2D eigenvalue weighted by Crippen LogP contribution is 2.18. The van der Waals surface area contributed by atoms with Gasteiger partial charge in [-0.2, -0.15) is 0 Å². The molecule has 1 aromatic carbocycles. The number of ketones is 1. The van der Waals surface area contributed by atoms with Gasteiger partial charge in [0, 0.05) is 6.20 Å². The second-order valence-corrected chi connectivity index (χ2v) is 3.70. The fraction of sp³-hybridized carbons (Fsp3) is 0.0769. The molecule has 17 heavy (non-hydrogen) atoms. The first-order chi connectivity index (χ1) is 8.11. The number of pyridine rings is 1. The zero-order chi connectivity index (χ0) is 12.4. The van der Waals surface area contributed by atoms with E-state index in [1.807, 2.05) is 0 Å². The van der Waals surface area contributed by atoms with E-state index in [0.29, 0.717) is 5.56 Å². The summed E-state index contributed by atoms with van der Waals surface area (Å²) in [6.07, 6.45) is 1.48. The fourth-order valence-corrected chi connectivity index (χ4v) is 1.58. The van der Waals surface area contributed by atoms with Crippen molar-refractivity contribution in [2.75, 3.05) is 5.73 Å². The lowest BCUT2D eigenvalue weighted by atomic mass is 10.0. The maximum absolute atomic E-state index is 13.8. The highest BCUT2D eigenvalue weighted by Gasteiger charge is 2.17. The molecule has 0 aliphatic rings. The minimum Gasteiger partial charge on any atom is -0.383 e. The van der Waals surface area contributed by atoms with Crippen molar-refractivity contribution >= 4 is 11.6 Å². The summed E-state index contributed by atoms with van der Waals surface area (Å²) in [7, 11) is 0. The average molecular weight is 230 g/mol. The average Bonchev–Trinajstić information content (AvgIpc) is 2.32. The maximum Gasteiger partial charge on any atom is 0.199 e. The highest BCUT2D eigenvalue weighted by atomic mass is 19.1. The number of benzene rings is 1. The summed E-state index contributed by atoms with van der Waals surface area (Å²) in [5.74, 6) is -0.851. The molecule has 0 atom stereocenters. The Morgan fingerprint density at radius 1 is 1.24 bits per heavy atom. The molecule has 1 aromatic heterocycles. The molecule has 2 rings (SSSR count). The number of carbonyl (C=O) groups excluding carboxylic acids is 1. The normalized spacial score (nSPS) is 10.2. The molecule has 0 spiro atoms. The zero-order valence-electron chi connectivity index (χ0n) is 9.27. The van der Waals surface area contributed by atoms with E-state index < -0.39 is 11.6 Å². The van der Waals surface area contributed by atoms with E-state index in [0.717, 1.165) is 0 Å². The summed E-state index contributed by atoms with van der Waals surface area (Å²) < 4.78 is 13.8. The molecule has 0 saturated carbocycles. The molecule has 0 aliphatic heterocycles. The van der Waals surface area contributed by atoms with E-state index in [-0.39, 0.29) is 16.9 Å². The lowest BCUT2D eigenvalue weighted by molar-refractivity contribution is 0.103. The first-order valence-electron chi connectivity index (χ1n) is 5.11. The van der Waals surface area contributed by atoms with Gasteiger partial charge in [0.05, 0.1) is 11.1 Å². The van der Waals surface area contributed by atoms with Crippen LogP contribution < -0.4 is 5.73 Å². The van der Waals surface area contributed by atoms with Crippen LogP contribution in [-0.2, 0) is 0 Å². The SMILES string of the molecule is Cc1cccc(C(=O)c2cccnc2N)c1F. The lowest BCUT2D eigenvalue weighted by Crippen LogP contribution is -2.09. The summed E-state index contributed by atoms with van der Waals surface area (Å²) >= 11 is 0. The Hall–Kier alpha value is -2.23. The summed E-state index contributed by atoms with van der Waals surface area (Å²) in [5.41, 5.74) is 6.26. The van der Waals surface area contributed by atoms with E-state index in [2.05, 4.69) is 4.98 Å². The molecule has 0 unspecified atom stereocenters. The Morgan fingerprint density at radius 2 is 1.94 bits per heavy atom. The van der Waals surface area contributed by atoms with Crippen molar-refractivity contribution in [1.29, 1.82) is 0 Å². The van der Waals surface area contributed by atoms with E-state index in [9.17, 15) is 9.18 Å². The number of anilines is 1. The lowest BCUT2D eigenvalue weighted by Gasteiger charge is -2.06. The maximum atomic E-state index is 13.8. The highest BCUT2D eigenvalue weighted by molar-refractivity contribution is 6.11. The predicted molar refractivity (Wildman–Crippen MR) is 63.2 cm³/mol. The number of aromatic nitrogens is 1. The number of carbonyl (C=O) groups is 1. The Kier molecular flexibility index (Phi) is 2.87. The Morgan fingerprint density at radius 3 is 2.65 bits per heavy atom. The van der Waals surface area contributed by atoms with Crippen molar-refractivity contribution in [1.82, 2.24) is 4.98 Å². The second kappa shape index (κ2) is 4.33. The minimum absolute atomic E-state index is 0.0182. The van der Waals surface area contributed by atoms with Gasteiger partial charge in [-0.05, 0) is 30.7 Å². The van der Waals surface area contributed by atoms with Gasteiger partial charge in [-0.15, -0.1) is 0 Å². The van der Waals surface area contributed by atoms with Gasteiger partial charge in [0.25, 0.3) is 0 Å². The van der Waals surface area contributed by atoms with Gasteiger partial charge in [-0.25, -0.2) is 9.37 Å². The second-order valence-electron chi connectivity index (χ2n) is 3.70. The quantitative estimate of drug-likeness (QED) is 0.805. The van der Waals surface area contributed by atoms with Crippen molar-refractivity contribution in [2.24, 2.45) is 0 Å². The molecular formula is C13H11FN2O. The number of aryl methyl sites for hydroxylation is 1. The van der Waals surface area contributed by atoms with E-state index in [1.165, 1.54) is 18.3 Å². The van der Waals surface area contributed by atoms with Gasteiger partial charge < -0.3 is 5.73 Å². The number of halogens is 1. The summed E-state index contributed by atoms with van der Waals surface area (Å²) in [4.78, 5) is 15.9. The number of hydrogen-bond donors (Lipinski definition) is 1. The molecular weight excluding hydrogens is 219 g/mol. The van der Waals surface area contributed by atoms with Crippen LogP contribution in [0.15, 0.2) is 36.5 Å². The molecule has 2 aromatic rings. The molecule has 0 amide bonds. The molecule has 2 N–H and O–H groups in total. The van der Waals surface area contributed by atoms with Gasteiger partial charge in [-0.3, -0.25) is 4.79 Å².